The normalized spacial score (nSPS) is 26.4. The van der Waals surface area contributed by atoms with Crippen LogP contribution in [0.1, 0.15) is 16.7 Å². The van der Waals surface area contributed by atoms with Crippen molar-refractivity contribution in [2.75, 3.05) is 20.3 Å². The van der Waals surface area contributed by atoms with Gasteiger partial charge in [-0.3, -0.25) is 0 Å². The van der Waals surface area contributed by atoms with Gasteiger partial charge in [0.05, 0.1) is 13.7 Å². The molecule has 30 heavy (non-hydrogen) atoms. The lowest BCUT2D eigenvalue weighted by Gasteiger charge is -2.39. The predicted molar refractivity (Wildman–Crippen MR) is 107 cm³/mol. The topological polar surface area (TPSA) is 129 Å². The van der Waals surface area contributed by atoms with Gasteiger partial charge >= 0.3 is 0 Å². The minimum absolute atomic E-state index is 0.0922. The first-order chi connectivity index (χ1) is 14.5. The van der Waals surface area contributed by atoms with Gasteiger partial charge in [0.1, 0.15) is 35.9 Å². The quantitative estimate of drug-likeness (QED) is 0.404. The summed E-state index contributed by atoms with van der Waals surface area (Å²) >= 11 is 0. The molecular formula is C22H28O8. The number of ether oxygens (including phenoxy) is 3. The number of aliphatic hydroxyl groups excluding tert-OH is 5. The summed E-state index contributed by atoms with van der Waals surface area (Å²) in [4.78, 5) is 0. The van der Waals surface area contributed by atoms with Crippen molar-refractivity contribution in [2.24, 2.45) is 0 Å². The number of benzene rings is 2. The maximum absolute atomic E-state index is 10.3. The van der Waals surface area contributed by atoms with Gasteiger partial charge in [-0.05, 0) is 29.2 Å². The molecule has 2 aromatic carbocycles. The second-order valence-electron chi connectivity index (χ2n) is 7.26. The molecule has 8 heteroatoms. The van der Waals surface area contributed by atoms with E-state index in [1.54, 1.807) is 12.1 Å². The summed E-state index contributed by atoms with van der Waals surface area (Å²) < 4.78 is 16.6. The third kappa shape index (κ3) is 5.10. The van der Waals surface area contributed by atoms with Gasteiger partial charge in [0, 0.05) is 19.1 Å². The molecule has 0 bridgehead atoms. The van der Waals surface area contributed by atoms with Crippen molar-refractivity contribution in [3.63, 3.8) is 0 Å². The van der Waals surface area contributed by atoms with Crippen LogP contribution in [0.3, 0.4) is 0 Å². The molecule has 1 aliphatic rings. The highest BCUT2D eigenvalue weighted by atomic mass is 16.7. The minimum Gasteiger partial charge on any atom is -0.497 e. The van der Waals surface area contributed by atoms with Crippen molar-refractivity contribution in [1.29, 1.82) is 0 Å². The maximum Gasteiger partial charge on any atom is 0.229 e. The summed E-state index contributed by atoms with van der Waals surface area (Å²) in [7, 11) is 1.52. The molecule has 0 aromatic heterocycles. The molecule has 0 unspecified atom stereocenters. The Hall–Kier alpha value is -2.20. The number of aliphatic hydroxyl groups is 5. The smallest absolute Gasteiger partial charge is 0.229 e. The number of hydrogen-bond donors (Lipinski definition) is 5. The lowest BCUT2D eigenvalue weighted by atomic mass is 9.99. The van der Waals surface area contributed by atoms with E-state index in [0.29, 0.717) is 24.3 Å². The molecule has 1 fully saturated rings. The van der Waals surface area contributed by atoms with E-state index in [0.717, 1.165) is 16.7 Å². The molecule has 0 radical (unpaired) electrons. The van der Waals surface area contributed by atoms with Gasteiger partial charge in [-0.1, -0.05) is 30.3 Å². The summed E-state index contributed by atoms with van der Waals surface area (Å²) in [6, 6.07) is 13.1. The van der Waals surface area contributed by atoms with Gasteiger partial charge in [-0.15, -0.1) is 0 Å². The van der Waals surface area contributed by atoms with E-state index in [-0.39, 0.29) is 6.61 Å². The summed E-state index contributed by atoms with van der Waals surface area (Å²) in [5, 5.41) is 48.7. The Morgan fingerprint density at radius 1 is 0.900 bits per heavy atom. The van der Waals surface area contributed by atoms with E-state index in [4.69, 9.17) is 19.3 Å². The Morgan fingerprint density at radius 2 is 1.60 bits per heavy atom. The van der Waals surface area contributed by atoms with E-state index < -0.39 is 37.3 Å². The molecule has 8 nitrogen and oxygen atoms in total. The third-order valence-electron chi connectivity index (χ3n) is 5.18. The van der Waals surface area contributed by atoms with Crippen LogP contribution < -0.4 is 9.47 Å². The molecule has 3 rings (SSSR count). The zero-order valence-electron chi connectivity index (χ0n) is 16.7. The third-order valence-corrected chi connectivity index (χ3v) is 5.18. The van der Waals surface area contributed by atoms with Gasteiger partial charge in [-0.25, -0.2) is 0 Å². The van der Waals surface area contributed by atoms with Crippen molar-refractivity contribution in [3.8, 4) is 11.5 Å². The zero-order valence-corrected chi connectivity index (χ0v) is 16.7. The first-order valence-electron chi connectivity index (χ1n) is 9.79. The molecule has 5 atom stereocenters. The van der Waals surface area contributed by atoms with Gasteiger partial charge < -0.3 is 39.7 Å². The van der Waals surface area contributed by atoms with Gasteiger partial charge in [-0.2, -0.15) is 0 Å². The number of hydrogen-bond acceptors (Lipinski definition) is 8. The highest BCUT2D eigenvalue weighted by molar-refractivity contribution is 5.43. The number of methoxy groups -OCH3 is 1. The van der Waals surface area contributed by atoms with Crippen LogP contribution in [0.4, 0.5) is 0 Å². The molecular weight excluding hydrogens is 392 g/mol. The highest BCUT2D eigenvalue weighted by Gasteiger charge is 2.44. The van der Waals surface area contributed by atoms with Gasteiger partial charge in [0.25, 0.3) is 0 Å². The van der Waals surface area contributed by atoms with Crippen LogP contribution in [0.5, 0.6) is 11.5 Å². The van der Waals surface area contributed by atoms with Crippen molar-refractivity contribution < 1.29 is 39.7 Å². The summed E-state index contributed by atoms with van der Waals surface area (Å²) in [5.74, 6) is 0.926. The lowest BCUT2D eigenvalue weighted by Crippen LogP contribution is -2.60. The Bertz CT molecular complexity index is 807. The van der Waals surface area contributed by atoms with Crippen LogP contribution in [0.15, 0.2) is 42.5 Å². The van der Waals surface area contributed by atoms with Crippen molar-refractivity contribution in [2.45, 2.75) is 43.5 Å². The summed E-state index contributed by atoms with van der Waals surface area (Å²) in [5.41, 5.74) is 2.84. The Kier molecular flexibility index (Phi) is 7.65. The van der Waals surface area contributed by atoms with Crippen molar-refractivity contribution in [1.82, 2.24) is 0 Å². The van der Waals surface area contributed by atoms with E-state index in [2.05, 4.69) is 0 Å². The molecule has 0 amide bonds. The molecule has 0 saturated carbocycles. The van der Waals surface area contributed by atoms with Crippen LogP contribution in [0.2, 0.25) is 0 Å². The molecule has 0 aliphatic carbocycles. The monoisotopic (exact) mass is 420 g/mol. The Labute approximate surface area is 174 Å². The molecule has 164 valence electrons. The van der Waals surface area contributed by atoms with Crippen molar-refractivity contribution >= 4 is 0 Å². The average molecular weight is 420 g/mol. The molecule has 1 saturated heterocycles. The van der Waals surface area contributed by atoms with Gasteiger partial charge in [0.15, 0.2) is 0 Å². The molecule has 1 aliphatic heterocycles. The standard InChI is InChI=1S/C22H28O8/c1-28-16-7-6-15(10-14-4-2-13(3-5-14)8-9-23)17(11-16)29-22-21(27)20(26)19(25)18(12-24)30-22/h2-7,11,18-27H,8-10,12H2,1H3/t18-,19-,20+,21-,22-/m1/s1. The van der Waals surface area contributed by atoms with Gasteiger partial charge in [0.2, 0.25) is 6.29 Å². The molecule has 5 N–H and O–H groups in total. The lowest BCUT2D eigenvalue weighted by molar-refractivity contribution is -0.277. The first kappa shape index (κ1) is 22.5. The highest BCUT2D eigenvalue weighted by Crippen LogP contribution is 2.31. The Morgan fingerprint density at radius 3 is 2.23 bits per heavy atom. The van der Waals surface area contributed by atoms with Crippen LogP contribution >= 0.6 is 0 Å². The van der Waals surface area contributed by atoms with Crippen molar-refractivity contribution in [3.05, 3.63) is 59.2 Å². The molecule has 1 heterocycles. The zero-order chi connectivity index (χ0) is 21.7. The van der Waals surface area contributed by atoms with Crippen LogP contribution in [-0.2, 0) is 17.6 Å². The first-order valence-corrected chi connectivity index (χ1v) is 9.79. The summed E-state index contributed by atoms with van der Waals surface area (Å²) in [6.07, 6.45) is -5.69. The van der Waals surface area contributed by atoms with E-state index >= 15 is 0 Å². The van der Waals surface area contributed by atoms with E-state index in [1.807, 2.05) is 30.3 Å². The van der Waals surface area contributed by atoms with Crippen LogP contribution in [-0.4, -0.2) is 76.6 Å². The SMILES string of the molecule is COc1ccc(Cc2ccc(CCO)cc2)c(O[C@@H]2O[C@H](CO)[C@@H](O)[C@H](O)[C@H]2O)c1. The summed E-state index contributed by atoms with van der Waals surface area (Å²) in [6.45, 7) is -0.440. The van der Waals surface area contributed by atoms with E-state index in [9.17, 15) is 20.4 Å². The second-order valence-corrected chi connectivity index (χ2v) is 7.26. The fourth-order valence-corrected chi connectivity index (χ4v) is 3.38. The van der Waals surface area contributed by atoms with Crippen LogP contribution in [0, 0.1) is 0 Å². The molecule has 0 spiro atoms. The largest absolute Gasteiger partial charge is 0.497 e. The predicted octanol–water partition coefficient (Wildman–Crippen LogP) is -0.000500. The number of rotatable bonds is 8. The molecule has 2 aromatic rings. The fourth-order valence-electron chi connectivity index (χ4n) is 3.38. The Balaban J connectivity index is 1.82. The minimum atomic E-state index is -1.52. The second kappa shape index (κ2) is 10.2. The average Bonchev–Trinajstić information content (AvgIpc) is 2.76. The fraction of sp³-hybridized carbons (Fsp3) is 0.455. The van der Waals surface area contributed by atoms with E-state index in [1.165, 1.54) is 7.11 Å². The van der Waals surface area contributed by atoms with Crippen LogP contribution in [0.25, 0.3) is 0 Å². The maximum atomic E-state index is 10.3.